The van der Waals surface area contributed by atoms with Crippen LogP contribution in [0.5, 0.6) is 11.5 Å². The van der Waals surface area contributed by atoms with Gasteiger partial charge in [0.2, 0.25) is 5.95 Å². The molecule has 6 aromatic rings. The summed E-state index contributed by atoms with van der Waals surface area (Å²) in [6.07, 6.45) is 2.66. The van der Waals surface area contributed by atoms with Crippen LogP contribution in [0.4, 0.5) is 21.8 Å². The number of benzene rings is 3. The molecule has 182 valence electrons. The molecule has 11 heteroatoms. The van der Waals surface area contributed by atoms with E-state index in [4.69, 9.17) is 10.5 Å². The third kappa shape index (κ3) is 3.93. The Morgan fingerprint density at radius 2 is 1.86 bits per heavy atom. The Balaban J connectivity index is 1.29. The quantitative estimate of drug-likeness (QED) is 0.246. The van der Waals surface area contributed by atoms with E-state index in [-0.39, 0.29) is 22.6 Å². The number of ether oxygens (including phenoxy) is 1. The molecule has 0 fully saturated rings. The maximum Gasteiger partial charge on any atom is 0.337 e. The first-order valence-corrected chi connectivity index (χ1v) is 11.1. The summed E-state index contributed by atoms with van der Waals surface area (Å²) in [5, 5.41) is 16.9. The molecule has 0 atom stereocenters. The number of hydrogen-bond acceptors (Lipinski definition) is 7. The Labute approximate surface area is 208 Å². The first kappa shape index (κ1) is 22.0. The van der Waals surface area contributed by atoms with E-state index in [0.717, 1.165) is 0 Å². The fourth-order valence-corrected chi connectivity index (χ4v) is 4.12. The summed E-state index contributed by atoms with van der Waals surface area (Å²) in [6, 6.07) is 19.1. The summed E-state index contributed by atoms with van der Waals surface area (Å²) in [6.45, 7) is 0. The van der Waals surface area contributed by atoms with E-state index >= 15 is 4.39 Å². The lowest BCUT2D eigenvalue weighted by molar-refractivity contribution is 0.0697. The molecule has 3 heterocycles. The van der Waals surface area contributed by atoms with E-state index in [9.17, 15) is 9.90 Å². The Bertz CT molecular complexity index is 1780. The molecular weight excluding hydrogens is 477 g/mol. The smallest absolute Gasteiger partial charge is 0.337 e. The molecule has 3 aromatic heterocycles. The van der Waals surface area contributed by atoms with Gasteiger partial charge in [0.15, 0.2) is 17.4 Å². The lowest BCUT2D eigenvalue weighted by Crippen LogP contribution is -1.99. The summed E-state index contributed by atoms with van der Waals surface area (Å²) >= 11 is 0. The minimum Gasteiger partial charge on any atom is -0.478 e. The van der Waals surface area contributed by atoms with E-state index in [1.54, 1.807) is 60.7 Å². The van der Waals surface area contributed by atoms with Gasteiger partial charge in [-0.25, -0.2) is 23.7 Å². The number of imidazole rings is 1. The molecule has 0 aliphatic heterocycles. The van der Waals surface area contributed by atoms with E-state index in [1.165, 1.54) is 17.0 Å². The number of carbonyl (C=O) groups is 1. The van der Waals surface area contributed by atoms with Gasteiger partial charge >= 0.3 is 5.97 Å². The number of carboxylic acids is 1. The molecule has 0 saturated carbocycles. The third-order valence-corrected chi connectivity index (χ3v) is 5.80. The van der Waals surface area contributed by atoms with Crippen molar-refractivity contribution >= 4 is 40.0 Å². The molecule has 0 spiro atoms. The van der Waals surface area contributed by atoms with Crippen LogP contribution in [0, 0.1) is 5.82 Å². The monoisotopic (exact) mass is 495 g/mol. The molecule has 0 amide bonds. The highest BCUT2D eigenvalue weighted by atomic mass is 19.1. The maximum atomic E-state index is 15.1. The minimum atomic E-state index is -1.11. The number of anilines is 3. The van der Waals surface area contributed by atoms with Crippen molar-refractivity contribution in [3.8, 4) is 22.6 Å². The molecule has 3 aromatic carbocycles. The number of aromatic amines is 1. The highest BCUT2D eigenvalue weighted by Crippen LogP contribution is 2.34. The number of nitrogens with one attached hydrogen (secondary N) is 2. The summed E-state index contributed by atoms with van der Waals surface area (Å²) < 4.78 is 22.1. The molecule has 10 nitrogen and oxygen atoms in total. The predicted molar refractivity (Wildman–Crippen MR) is 136 cm³/mol. The second kappa shape index (κ2) is 8.64. The van der Waals surface area contributed by atoms with Crippen LogP contribution in [0.2, 0.25) is 0 Å². The van der Waals surface area contributed by atoms with Crippen LogP contribution in [-0.2, 0) is 0 Å². The van der Waals surface area contributed by atoms with E-state index in [1.807, 2.05) is 6.07 Å². The van der Waals surface area contributed by atoms with Crippen molar-refractivity contribution in [2.24, 2.45) is 0 Å². The normalized spacial score (nSPS) is 11.2. The fourth-order valence-electron chi connectivity index (χ4n) is 4.12. The average Bonchev–Trinajstić information content (AvgIpc) is 3.50. The maximum absolute atomic E-state index is 15.1. The lowest BCUT2D eigenvalue weighted by atomic mass is 10.0. The number of hydrogen-bond donors (Lipinski definition) is 4. The number of para-hydroxylation sites is 1. The van der Waals surface area contributed by atoms with Crippen LogP contribution < -0.4 is 15.8 Å². The average molecular weight is 495 g/mol. The summed E-state index contributed by atoms with van der Waals surface area (Å²) in [5.74, 6) is -0.607. The molecule has 6 rings (SSSR count). The molecular formula is C26H18FN7O3. The summed E-state index contributed by atoms with van der Waals surface area (Å²) in [4.78, 5) is 23.2. The number of aromatic carboxylic acids is 1. The van der Waals surface area contributed by atoms with Crippen LogP contribution in [-0.4, -0.2) is 35.6 Å². The fraction of sp³-hybridized carbons (Fsp3) is 0. The first-order chi connectivity index (χ1) is 18.0. The summed E-state index contributed by atoms with van der Waals surface area (Å²) in [5.41, 5.74) is 8.77. The SMILES string of the molecule is Nc1ncnn2cc(C(=O)O)c(-c3ccc(Nc4nc5c(F)c(Oc6ccccc6)ccc5[nH]4)cc3)c12. The van der Waals surface area contributed by atoms with Crippen molar-refractivity contribution in [2.75, 3.05) is 11.1 Å². The zero-order chi connectivity index (χ0) is 25.5. The second-order valence-corrected chi connectivity index (χ2v) is 8.14. The molecule has 0 saturated heterocycles. The highest BCUT2D eigenvalue weighted by molar-refractivity contribution is 6.04. The van der Waals surface area contributed by atoms with Crippen molar-refractivity contribution in [1.82, 2.24) is 24.6 Å². The van der Waals surface area contributed by atoms with Crippen LogP contribution in [0.3, 0.4) is 0 Å². The van der Waals surface area contributed by atoms with Gasteiger partial charge in [-0.1, -0.05) is 30.3 Å². The lowest BCUT2D eigenvalue weighted by Gasteiger charge is -2.07. The number of nitrogens with zero attached hydrogens (tertiary/aromatic N) is 4. The van der Waals surface area contributed by atoms with Crippen LogP contribution in [0.15, 0.2) is 79.3 Å². The highest BCUT2D eigenvalue weighted by Gasteiger charge is 2.21. The van der Waals surface area contributed by atoms with Gasteiger partial charge in [-0.2, -0.15) is 5.10 Å². The molecule has 0 radical (unpaired) electrons. The third-order valence-electron chi connectivity index (χ3n) is 5.80. The van der Waals surface area contributed by atoms with Crippen molar-refractivity contribution < 1.29 is 19.0 Å². The largest absolute Gasteiger partial charge is 0.478 e. The number of fused-ring (bicyclic) bond motifs is 2. The Morgan fingerprint density at radius 1 is 1.08 bits per heavy atom. The molecule has 5 N–H and O–H groups in total. The Kier molecular flexibility index (Phi) is 5.15. The van der Waals surface area contributed by atoms with Gasteiger partial charge in [0.05, 0.1) is 11.1 Å². The molecule has 37 heavy (non-hydrogen) atoms. The van der Waals surface area contributed by atoms with Crippen molar-refractivity contribution in [3.05, 3.63) is 90.6 Å². The zero-order valence-electron chi connectivity index (χ0n) is 19.0. The van der Waals surface area contributed by atoms with Crippen LogP contribution >= 0.6 is 0 Å². The van der Waals surface area contributed by atoms with E-state index < -0.39 is 11.8 Å². The molecule has 0 unspecified atom stereocenters. The number of carboxylic acid groups (broad SMARTS) is 1. The van der Waals surface area contributed by atoms with Crippen molar-refractivity contribution in [3.63, 3.8) is 0 Å². The standard InChI is InChI=1S/C26H18FN7O3/c27-21-19(37-16-4-2-1-3-5-16)11-10-18-22(21)33-26(32-18)31-15-8-6-14(7-9-15)20-17(25(35)36)12-34-23(20)24(28)29-13-30-34/h1-13H,(H,35,36)(H2,28,29,30)(H2,31,32,33). The van der Waals surface area contributed by atoms with Crippen LogP contribution in [0.1, 0.15) is 10.4 Å². The van der Waals surface area contributed by atoms with Crippen molar-refractivity contribution in [1.29, 1.82) is 0 Å². The van der Waals surface area contributed by atoms with Gasteiger partial charge in [0.1, 0.15) is 23.1 Å². The summed E-state index contributed by atoms with van der Waals surface area (Å²) in [7, 11) is 0. The van der Waals surface area contributed by atoms with Gasteiger partial charge in [-0.05, 0) is 42.0 Å². The molecule has 0 aliphatic carbocycles. The minimum absolute atomic E-state index is 0.0502. The topological polar surface area (TPSA) is 143 Å². The number of rotatable bonds is 6. The predicted octanol–water partition coefficient (Wildman–Crippen LogP) is 5.23. The van der Waals surface area contributed by atoms with Gasteiger partial charge in [0.25, 0.3) is 0 Å². The number of nitrogens with two attached hydrogens (primary N) is 1. The zero-order valence-corrected chi connectivity index (χ0v) is 19.0. The Morgan fingerprint density at radius 3 is 2.62 bits per heavy atom. The Hall–Kier alpha value is -5.45. The second-order valence-electron chi connectivity index (χ2n) is 8.14. The first-order valence-electron chi connectivity index (χ1n) is 11.1. The van der Waals surface area contributed by atoms with Crippen molar-refractivity contribution in [2.45, 2.75) is 0 Å². The van der Waals surface area contributed by atoms with Gasteiger partial charge in [0, 0.05) is 17.4 Å². The van der Waals surface area contributed by atoms with Crippen LogP contribution in [0.25, 0.3) is 27.7 Å². The number of halogens is 1. The van der Waals surface area contributed by atoms with Gasteiger partial charge in [-0.15, -0.1) is 0 Å². The number of nitrogen functional groups attached to an aromatic ring is 1. The molecule has 0 bridgehead atoms. The number of H-pyrrole nitrogens is 1. The van der Waals surface area contributed by atoms with Gasteiger partial charge in [-0.3, -0.25) is 0 Å². The van der Waals surface area contributed by atoms with Gasteiger partial charge < -0.3 is 25.9 Å². The van der Waals surface area contributed by atoms with E-state index in [0.29, 0.717) is 39.5 Å². The number of aromatic nitrogens is 5. The molecule has 0 aliphatic rings. The van der Waals surface area contributed by atoms with E-state index in [2.05, 4.69) is 25.4 Å².